The Kier molecular flexibility index (Phi) is 7.51. The molecule has 7 heteroatoms. The molecule has 0 saturated heterocycles. The summed E-state index contributed by atoms with van der Waals surface area (Å²) in [4.78, 5) is 12.5. The summed E-state index contributed by atoms with van der Waals surface area (Å²) in [6, 6.07) is 18.2. The first-order chi connectivity index (χ1) is 15.0. The minimum absolute atomic E-state index is 0.300. The lowest BCUT2D eigenvalue weighted by molar-refractivity contribution is 0.0952. The van der Waals surface area contributed by atoms with E-state index in [-0.39, 0.29) is 5.91 Å². The minimum Gasteiger partial charge on any atom is -0.496 e. The van der Waals surface area contributed by atoms with Gasteiger partial charge in [-0.2, -0.15) is 5.10 Å². The van der Waals surface area contributed by atoms with Crippen molar-refractivity contribution in [1.82, 2.24) is 5.43 Å². The van der Waals surface area contributed by atoms with Crippen LogP contribution in [-0.4, -0.2) is 26.3 Å². The molecule has 0 radical (unpaired) electrons. The molecule has 31 heavy (non-hydrogen) atoms. The lowest BCUT2D eigenvalue weighted by Gasteiger charge is -2.13. The molecule has 0 aliphatic carbocycles. The second-order valence-corrected chi connectivity index (χ2v) is 7.14. The number of methoxy groups -OCH3 is 2. The molecule has 3 aromatic carbocycles. The molecule has 0 heterocycles. The molecular weight excluding hydrogens is 416 g/mol. The normalized spacial score (nSPS) is 10.7. The van der Waals surface area contributed by atoms with Gasteiger partial charge in [0.15, 0.2) is 11.5 Å². The molecular formula is C24H23ClN2O4. The quantitative estimate of drug-likeness (QED) is 0.396. The number of hydrazone groups is 1. The van der Waals surface area contributed by atoms with Gasteiger partial charge < -0.3 is 14.2 Å². The molecule has 6 nitrogen and oxygen atoms in total. The van der Waals surface area contributed by atoms with Gasteiger partial charge in [-0.3, -0.25) is 4.79 Å². The van der Waals surface area contributed by atoms with Crippen LogP contribution in [-0.2, 0) is 6.61 Å². The van der Waals surface area contributed by atoms with Gasteiger partial charge in [0, 0.05) is 10.6 Å². The van der Waals surface area contributed by atoms with Crippen molar-refractivity contribution in [3.63, 3.8) is 0 Å². The highest BCUT2D eigenvalue weighted by molar-refractivity contribution is 6.30. The van der Waals surface area contributed by atoms with Crippen molar-refractivity contribution in [2.45, 2.75) is 13.5 Å². The predicted molar refractivity (Wildman–Crippen MR) is 122 cm³/mol. The van der Waals surface area contributed by atoms with E-state index in [1.54, 1.807) is 31.4 Å². The molecule has 1 amide bonds. The van der Waals surface area contributed by atoms with E-state index in [9.17, 15) is 4.79 Å². The second kappa shape index (κ2) is 10.5. The van der Waals surface area contributed by atoms with Crippen molar-refractivity contribution in [1.29, 1.82) is 0 Å². The van der Waals surface area contributed by atoms with E-state index in [1.165, 1.54) is 13.3 Å². The lowest BCUT2D eigenvalue weighted by Crippen LogP contribution is -2.18. The average molecular weight is 439 g/mol. The number of nitrogens with one attached hydrogen (secondary N) is 1. The van der Waals surface area contributed by atoms with Crippen LogP contribution in [0.1, 0.15) is 27.0 Å². The highest BCUT2D eigenvalue weighted by Crippen LogP contribution is 2.31. The topological polar surface area (TPSA) is 69.2 Å². The Morgan fingerprint density at radius 3 is 2.55 bits per heavy atom. The van der Waals surface area contributed by atoms with Crippen molar-refractivity contribution < 1.29 is 19.0 Å². The van der Waals surface area contributed by atoms with Crippen LogP contribution < -0.4 is 19.6 Å². The maximum absolute atomic E-state index is 12.5. The summed E-state index contributed by atoms with van der Waals surface area (Å²) in [5, 5.41) is 4.72. The van der Waals surface area contributed by atoms with Gasteiger partial charge in [-0.1, -0.05) is 35.9 Å². The van der Waals surface area contributed by atoms with Crippen LogP contribution in [0.5, 0.6) is 17.2 Å². The van der Waals surface area contributed by atoms with Gasteiger partial charge in [-0.25, -0.2) is 5.43 Å². The number of nitrogens with zero attached hydrogens (tertiary/aromatic N) is 1. The summed E-state index contributed by atoms with van der Waals surface area (Å²) < 4.78 is 16.7. The van der Waals surface area contributed by atoms with Crippen molar-refractivity contribution in [3.05, 3.63) is 87.9 Å². The van der Waals surface area contributed by atoms with E-state index in [1.807, 2.05) is 43.3 Å². The fourth-order valence-corrected chi connectivity index (χ4v) is 3.15. The van der Waals surface area contributed by atoms with Crippen molar-refractivity contribution in [3.8, 4) is 17.2 Å². The zero-order valence-electron chi connectivity index (χ0n) is 17.5. The number of ether oxygens (including phenoxy) is 3. The number of benzene rings is 3. The van der Waals surface area contributed by atoms with E-state index in [2.05, 4.69) is 10.5 Å². The Labute approximate surface area is 186 Å². The molecule has 0 unspecified atom stereocenters. The molecule has 3 aromatic rings. The number of halogens is 1. The third-order valence-electron chi connectivity index (χ3n) is 4.47. The number of rotatable bonds is 8. The van der Waals surface area contributed by atoms with E-state index in [4.69, 9.17) is 25.8 Å². The first-order valence-electron chi connectivity index (χ1n) is 9.54. The molecule has 1 N–H and O–H groups in total. The van der Waals surface area contributed by atoms with Crippen molar-refractivity contribution in [2.24, 2.45) is 5.10 Å². The number of amides is 1. The monoisotopic (exact) mass is 438 g/mol. The molecule has 0 bridgehead atoms. The molecule has 0 saturated carbocycles. The third kappa shape index (κ3) is 5.77. The van der Waals surface area contributed by atoms with E-state index in [0.717, 1.165) is 11.1 Å². The SMILES string of the molecule is COc1cc(C)ccc1C(=O)N/N=C/c1cccc(OC)c1OCc1cccc(Cl)c1. The van der Waals surface area contributed by atoms with E-state index >= 15 is 0 Å². The molecule has 0 aromatic heterocycles. The number of para-hydroxylation sites is 1. The first-order valence-corrected chi connectivity index (χ1v) is 9.92. The second-order valence-electron chi connectivity index (χ2n) is 6.70. The van der Waals surface area contributed by atoms with E-state index in [0.29, 0.717) is 40.0 Å². The number of carbonyl (C=O) groups is 1. The summed E-state index contributed by atoms with van der Waals surface area (Å²) in [6.45, 7) is 2.23. The summed E-state index contributed by atoms with van der Waals surface area (Å²) in [5.41, 5.74) is 5.48. The maximum atomic E-state index is 12.5. The van der Waals surface area contributed by atoms with Gasteiger partial charge >= 0.3 is 0 Å². The van der Waals surface area contributed by atoms with Gasteiger partial charge in [0.1, 0.15) is 12.4 Å². The Balaban J connectivity index is 1.76. The van der Waals surface area contributed by atoms with Crippen LogP contribution in [0.15, 0.2) is 65.8 Å². The Hall–Kier alpha value is -3.51. The Bertz CT molecular complexity index is 1100. The van der Waals surface area contributed by atoms with Gasteiger partial charge in [0.25, 0.3) is 5.91 Å². The fraction of sp³-hybridized carbons (Fsp3) is 0.167. The molecule has 0 fully saturated rings. The van der Waals surface area contributed by atoms with Gasteiger partial charge in [0.05, 0.1) is 26.0 Å². The number of hydrogen-bond acceptors (Lipinski definition) is 5. The summed E-state index contributed by atoms with van der Waals surface area (Å²) in [6.07, 6.45) is 1.51. The Morgan fingerprint density at radius 1 is 1.03 bits per heavy atom. The highest BCUT2D eigenvalue weighted by Gasteiger charge is 2.13. The number of carbonyl (C=O) groups excluding carboxylic acids is 1. The van der Waals surface area contributed by atoms with Crippen LogP contribution in [0.2, 0.25) is 5.02 Å². The van der Waals surface area contributed by atoms with Crippen LogP contribution in [0.3, 0.4) is 0 Å². The van der Waals surface area contributed by atoms with Gasteiger partial charge in [-0.05, 0) is 54.4 Å². The molecule has 0 spiro atoms. The highest BCUT2D eigenvalue weighted by atomic mass is 35.5. The maximum Gasteiger partial charge on any atom is 0.275 e. The third-order valence-corrected chi connectivity index (χ3v) is 4.71. The smallest absolute Gasteiger partial charge is 0.275 e. The summed E-state index contributed by atoms with van der Waals surface area (Å²) in [7, 11) is 3.09. The standard InChI is InChI=1S/C24H23ClN2O4/c1-16-10-11-20(22(12-16)30-3)24(28)27-26-14-18-7-5-9-21(29-2)23(18)31-15-17-6-4-8-19(25)13-17/h4-14H,15H2,1-3H3,(H,27,28)/b26-14+. The fourth-order valence-electron chi connectivity index (χ4n) is 2.94. The Morgan fingerprint density at radius 2 is 1.81 bits per heavy atom. The molecule has 0 aliphatic heterocycles. The van der Waals surface area contributed by atoms with Crippen LogP contribution in [0.25, 0.3) is 0 Å². The van der Waals surface area contributed by atoms with Crippen molar-refractivity contribution >= 4 is 23.7 Å². The zero-order chi connectivity index (χ0) is 22.2. The van der Waals surface area contributed by atoms with Crippen LogP contribution >= 0.6 is 11.6 Å². The number of aryl methyl sites for hydroxylation is 1. The van der Waals surface area contributed by atoms with Crippen molar-refractivity contribution in [2.75, 3.05) is 14.2 Å². The van der Waals surface area contributed by atoms with Gasteiger partial charge in [-0.15, -0.1) is 0 Å². The molecule has 160 valence electrons. The lowest BCUT2D eigenvalue weighted by atomic mass is 10.1. The minimum atomic E-state index is -0.377. The largest absolute Gasteiger partial charge is 0.496 e. The zero-order valence-corrected chi connectivity index (χ0v) is 18.3. The molecule has 0 aliphatic rings. The van der Waals surface area contributed by atoms with Crippen LogP contribution in [0.4, 0.5) is 0 Å². The van der Waals surface area contributed by atoms with Gasteiger partial charge in [0.2, 0.25) is 0 Å². The summed E-state index contributed by atoms with van der Waals surface area (Å²) >= 11 is 6.04. The molecule has 0 atom stereocenters. The predicted octanol–water partition coefficient (Wildman–Crippen LogP) is 5.01. The molecule has 3 rings (SSSR count). The summed E-state index contributed by atoms with van der Waals surface area (Å²) in [5.74, 6) is 1.17. The number of hydrogen-bond donors (Lipinski definition) is 1. The van der Waals surface area contributed by atoms with Crippen LogP contribution in [0, 0.1) is 6.92 Å². The van der Waals surface area contributed by atoms with E-state index < -0.39 is 0 Å². The average Bonchev–Trinajstić information content (AvgIpc) is 2.77. The first kappa shape index (κ1) is 22.2.